The number of allylic oxidation sites excluding steroid dienone is 1. The van der Waals surface area contributed by atoms with E-state index in [-0.39, 0.29) is 0 Å². The molecule has 2 aromatic rings. The van der Waals surface area contributed by atoms with Gasteiger partial charge in [-0.2, -0.15) is 0 Å². The van der Waals surface area contributed by atoms with Gasteiger partial charge in [0.25, 0.3) is 0 Å². The Labute approximate surface area is 135 Å². The number of hydrogen-bond acceptors (Lipinski definition) is 4. The normalized spacial score (nSPS) is 13.8. The van der Waals surface area contributed by atoms with Crippen LogP contribution in [0.25, 0.3) is 4.48 Å². The van der Waals surface area contributed by atoms with E-state index in [0.717, 1.165) is 33.5 Å². The fraction of sp³-hybridized carbons (Fsp3) is 0.214. The molecule has 0 bridgehead atoms. The molecule has 3 rings (SSSR count). The van der Waals surface area contributed by atoms with Crippen molar-refractivity contribution in [2.24, 2.45) is 0 Å². The van der Waals surface area contributed by atoms with E-state index in [4.69, 9.17) is 11.6 Å². The van der Waals surface area contributed by atoms with Crippen LogP contribution >= 0.6 is 39.3 Å². The minimum Gasteiger partial charge on any atom is -0.264 e. The third kappa shape index (κ3) is 2.62. The van der Waals surface area contributed by atoms with Gasteiger partial charge in [0.1, 0.15) is 5.15 Å². The highest BCUT2D eigenvalue weighted by atomic mass is 79.9. The third-order valence-electron chi connectivity index (χ3n) is 3.10. The second kappa shape index (κ2) is 5.84. The zero-order chi connectivity index (χ0) is 14.1. The molecule has 2 aromatic heterocycles. The predicted molar refractivity (Wildman–Crippen MR) is 85.2 cm³/mol. The summed E-state index contributed by atoms with van der Waals surface area (Å²) >= 11 is 11.4. The molecule has 0 saturated heterocycles. The Bertz CT molecular complexity index is 688. The first kappa shape index (κ1) is 14.0. The van der Waals surface area contributed by atoms with Crippen LogP contribution < -0.4 is 0 Å². The largest absolute Gasteiger partial charge is 0.264 e. The standard InChI is InChI=1S/C14H11BrClN3S/c1-2-8-6-10-11(12(8)15)13(16)19-14(18-10)20-9-4-3-5-17-7-9/h3-5,7H,2,6H2,1H3. The second-order valence-electron chi connectivity index (χ2n) is 4.36. The van der Waals surface area contributed by atoms with Crippen LogP contribution in [0.2, 0.25) is 5.15 Å². The Kier molecular flexibility index (Phi) is 4.10. The Morgan fingerprint density at radius 1 is 1.40 bits per heavy atom. The minimum absolute atomic E-state index is 0.511. The molecule has 6 heteroatoms. The first-order valence-corrected chi connectivity index (χ1v) is 8.20. The van der Waals surface area contributed by atoms with Crippen molar-refractivity contribution in [3.63, 3.8) is 0 Å². The van der Waals surface area contributed by atoms with Crippen molar-refractivity contribution in [2.45, 2.75) is 29.8 Å². The fourth-order valence-electron chi connectivity index (χ4n) is 2.10. The topological polar surface area (TPSA) is 38.7 Å². The average Bonchev–Trinajstić information content (AvgIpc) is 2.76. The van der Waals surface area contributed by atoms with E-state index in [1.54, 1.807) is 12.4 Å². The first-order chi connectivity index (χ1) is 9.69. The van der Waals surface area contributed by atoms with Crippen LogP contribution in [0.1, 0.15) is 24.6 Å². The van der Waals surface area contributed by atoms with E-state index in [1.807, 2.05) is 12.1 Å². The highest BCUT2D eigenvalue weighted by Gasteiger charge is 2.24. The molecular weight excluding hydrogens is 358 g/mol. The summed E-state index contributed by atoms with van der Waals surface area (Å²) < 4.78 is 1.05. The minimum atomic E-state index is 0.511. The van der Waals surface area contributed by atoms with Crippen LogP contribution in [0.3, 0.4) is 0 Å². The highest BCUT2D eigenvalue weighted by molar-refractivity contribution is 9.15. The molecule has 0 aliphatic heterocycles. The van der Waals surface area contributed by atoms with Crippen molar-refractivity contribution in [3.05, 3.63) is 46.5 Å². The molecule has 3 nitrogen and oxygen atoms in total. The molecule has 0 unspecified atom stereocenters. The molecule has 0 N–H and O–H groups in total. The van der Waals surface area contributed by atoms with Crippen LogP contribution in [-0.4, -0.2) is 15.0 Å². The van der Waals surface area contributed by atoms with Crippen LogP contribution in [0.5, 0.6) is 0 Å². The van der Waals surface area contributed by atoms with Crippen molar-refractivity contribution in [1.82, 2.24) is 15.0 Å². The summed E-state index contributed by atoms with van der Waals surface area (Å²) in [5.41, 5.74) is 3.26. The Balaban J connectivity index is 1.95. The summed E-state index contributed by atoms with van der Waals surface area (Å²) in [5, 5.41) is 1.18. The number of halogens is 2. The van der Waals surface area contributed by atoms with Gasteiger partial charge in [-0.05, 0) is 35.9 Å². The number of hydrogen-bond donors (Lipinski definition) is 0. The smallest absolute Gasteiger partial charge is 0.194 e. The molecule has 0 amide bonds. The van der Waals surface area contributed by atoms with Crippen LogP contribution in [0.4, 0.5) is 0 Å². The van der Waals surface area contributed by atoms with Crippen molar-refractivity contribution in [1.29, 1.82) is 0 Å². The van der Waals surface area contributed by atoms with Crippen LogP contribution in [0, 0.1) is 0 Å². The molecule has 0 radical (unpaired) electrons. The zero-order valence-corrected chi connectivity index (χ0v) is 13.9. The molecule has 20 heavy (non-hydrogen) atoms. The molecule has 0 saturated carbocycles. The number of nitrogens with zero attached hydrogens (tertiary/aromatic N) is 3. The summed E-state index contributed by atoms with van der Waals surface area (Å²) in [5.74, 6) is 0. The number of fused-ring (bicyclic) bond motifs is 1. The van der Waals surface area contributed by atoms with Gasteiger partial charge in [0.05, 0.1) is 5.69 Å². The van der Waals surface area contributed by atoms with Gasteiger partial charge in [-0.3, -0.25) is 4.98 Å². The number of aromatic nitrogens is 3. The quantitative estimate of drug-likeness (QED) is 0.579. The van der Waals surface area contributed by atoms with Crippen molar-refractivity contribution >= 4 is 43.8 Å². The molecule has 0 spiro atoms. The summed E-state index contributed by atoms with van der Waals surface area (Å²) in [7, 11) is 0. The van der Waals surface area contributed by atoms with E-state index >= 15 is 0 Å². The second-order valence-corrected chi connectivity index (χ2v) is 6.55. The molecule has 0 atom stereocenters. The van der Waals surface area contributed by atoms with E-state index in [2.05, 4.69) is 37.8 Å². The van der Waals surface area contributed by atoms with Crippen LogP contribution in [0.15, 0.2) is 40.2 Å². The maximum absolute atomic E-state index is 6.31. The molecule has 2 heterocycles. The van der Waals surface area contributed by atoms with Crippen molar-refractivity contribution in [3.8, 4) is 0 Å². The molecule has 1 aliphatic carbocycles. The molecular formula is C14H11BrClN3S. The SMILES string of the molecule is CCC1=C(Br)c2c(Cl)nc(Sc3cccnc3)nc2C1. The number of rotatable bonds is 3. The lowest BCUT2D eigenvalue weighted by molar-refractivity contribution is 0.894. The van der Waals surface area contributed by atoms with Crippen molar-refractivity contribution in [2.75, 3.05) is 0 Å². The maximum atomic E-state index is 6.31. The van der Waals surface area contributed by atoms with Gasteiger partial charge >= 0.3 is 0 Å². The van der Waals surface area contributed by atoms with E-state index < -0.39 is 0 Å². The molecule has 1 aliphatic rings. The van der Waals surface area contributed by atoms with Gasteiger partial charge in [0.15, 0.2) is 5.16 Å². The van der Waals surface area contributed by atoms with E-state index in [1.165, 1.54) is 17.3 Å². The Morgan fingerprint density at radius 3 is 2.95 bits per heavy atom. The maximum Gasteiger partial charge on any atom is 0.194 e. The molecule has 102 valence electrons. The molecule has 0 fully saturated rings. The van der Waals surface area contributed by atoms with E-state index in [0.29, 0.717) is 10.3 Å². The average molecular weight is 369 g/mol. The zero-order valence-electron chi connectivity index (χ0n) is 10.7. The molecule has 0 aromatic carbocycles. The fourth-order valence-corrected chi connectivity index (χ4v) is 4.14. The van der Waals surface area contributed by atoms with Gasteiger partial charge < -0.3 is 0 Å². The predicted octanol–water partition coefficient (Wildman–Crippen LogP) is 4.75. The summed E-state index contributed by atoms with van der Waals surface area (Å²) in [6, 6.07) is 3.87. The van der Waals surface area contributed by atoms with Crippen molar-refractivity contribution < 1.29 is 0 Å². The van der Waals surface area contributed by atoms with Gasteiger partial charge in [0.2, 0.25) is 0 Å². The van der Waals surface area contributed by atoms with Gasteiger partial charge in [-0.1, -0.05) is 34.5 Å². The van der Waals surface area contributed by atoms with Gasteiger partial charge in [-0.15, -0.1) is 0 Å². The highest BCUT2D eigenvalue weighted by Crippen LogP contribution is 2.41. The third-order valence-corrected chi connectivity index (χ3v) is 5.17. The Hall–Kier alpha value is -0.910. The monoisotopic (exact) mass is 367 g/mol. The summed E-state index contributed by atoms with van der Waals surface area (Å²) in [4.78, 5) is 14.1. The first-order valence-electron chi connectivity index (χ1n) is 6.21. The Morgan fingerprint density at radius 2 is 2.25 bits per heavy atom. The number of pyridine rings is 1. The van der Waals surface area contributed by atoms with Crippen LogP contribution in [-0.2, 0) is 6.42 Å². The lowest BCUT2D eigenvalue weighted by Gasteiger charge is -2.05. The lowest BCUT2D eigenvalue weighted by atomic mass is 10.2. The summed E-state index contributed by atoms with van der Waals surface area (Å²) in [6.45, 7) is 2.13. The van der Waals surface area contributed by atoms with E-state index in [9.17, 15) is 0 Å². The van der Waals surface area contributed by atoms with Gasteiger partial charge in [-0.25, -0.2) is 9.97 Å². The summed E-state index contributed by atoms with van der Waals surface area (Å²) in [6.07, 6.45) is 5.36. The van der Waals surface area contributed by atoms with Gasteiger partial charge in [0, 0.05) is 33.8 Å². The lowest BCUT2D eigenvalue weighted by Crippen LogP contribution is -1.97.